The van der Waals surface area contributed by atoms with Gasteiger partial charge in [0.15, 0.2) is 0 Å². The molecule has 0 rings (SSSR count). The van der Waals surface area contributed by atoms with Crippen molar-refractivity contribution >= 4 is 0 Å². The van der Waals surface area contributed by atoms with Crippen LogP contribution < -0.4 is 5.32 Å². The minimum absolute atomic E-state index is 0.661. The van der Waals surface area contributed by atoms with E-state index in [1.807, 2.05) is 0 Å². The molecule has 0 saturated heterocycles. The van der Waals surface area contributed by atoms with Crippen LogP contribution in [0.1, 0.15) is 67.2 Å². The molecule has 0 aromatic carbocycles. The summed E-state index contributed by atoms with van der Waals surface area (Å²) in [7, 11) is 0. The van der Waals surface area contributed by atoms with Gasteiger partial charge in [-0.3, -0.25) is 0 Å². The Labute approximate surface area is 122 Å². The van der Waals surface area contributed by atoms with Gasteiger partial charge in [0.2, 0.25) is 0 Å². The van der Waals surface area contributed by atoms with Gasteiger partial charge < -0.3 is 5.32 Å². The first-order chi connectivity index (χ1) is 8.92. The number of hydrogen-bond donors (Lipinski definition) is 1. The number of allylic oxidation sites excluding steroid dienone is 1. The van der Waals surface area contributed by atoms with Crippen LogP contribution in [0.5, 0.6) is 0 Å². The monoisotopic (exact) mass is 267 g/mol. The van der Waals surface area contributed by atoms with Gasteiger partial charge in [0.1, 0.15) is 0 Å². The molecule has 0 amide bonds. The Kier molecular flexibility index (Phi) is 10.3. The van der Waals surface area contributed by atoms with Gasteiger partial charge in [-0.25, -0.2) is 0 Å². The molecule has 4 atom stereocenters. The number of hydrogen-bond acceptors (Lipinski definition) is 1. The van der Waals surface area contributed by atoms with Crippen molar-refractivity contribution < 1.29 is 0 Å². The Morgan fingerprint density at radius 3 is 2.11 bits per heavy atom. The van der Waals surface area contributed by atoms with E-state index in [4.69, 9.17) is 0 Å². The second kappa shape index (κ2) is 10.5. The molecule has 1 N–H and O–H groups in total. The summed E-state index contributed by atoms with van der Waals surface area (Å²) in [6.45, 7) is 19.0. The van der Waals surface area contributed by atoms with Crippen LogP contribution in [0.4, 0.5) is 0 Å². The topological polar surface area (TPSA) is 12.0 Å². The molecule has 1 nitrogen and oxygen atoms in total. The van der Waals surface area contributed by atoms with Crippen LogP contribution in [-0.2, 0) is 0 Å². The van der Waals surface area contributed by atoms with Crippen LogP contribution in [0.25, 0.3) is 0 Å². The molecule has 114 valence electrons. The SMILES string of the molecule is C=CC[C@@H](C[C@@H](C)C(C)CC[C@@H](C)NCC)C(C)C. The Morgan fingerprint density at radius 2 is 1.63 bits per heavy atom. The van der Waals surface area contributed by atoms with Crippen molar-refractivity contribution in [2.45, 2.75) is 73.3 Å². The molecule has 0 aromatic heterocycles. The highest BCUT2D eigenvalue weighted by Gasteiger charge is 2.20. The van der Waals surface area contributed by atoms with Crippen LogP contribution >= 0.6 is 0 Å². The standard InChI is InChI=1S/C18H37N/c1-8-10-18(14(3)4)13-16(6)15(5)11-12-17(7)19-9-2/h8,14-19H,1,9-13H2,2-7H3/t15?,16-,17-,18+/m1/s1. The van der Waals surface area contributed by atoms with Gasteiger partial charge in [-0.15, -0.1) is 6.58 Å². The average Bonchev–Trinajstić information content (AvgIpc) is 2.35. The van der Waals surface area contributed by atoms with Crippen molar-refractivity contribution in [3.05, 3.63) is 12.7 Å². The smallest absolute Gasteiger partial charge is 0.00387 e. The first kappa shape index (κ1) is 18.7. The van der Waals surface area contributed by atoms with E-state index in [0.717, 1.165) is 30.2 Å². The average molecular weight is 268 g/mol. The maximum atomic E-state index is 3.91. The lowest BCUT2D eigenvalue weighted by molar-refractivity contribution is 0.243. The summed E-state index contributed by atoms with van der Waals surface area (Å²) in [6.07, 6.45) is 7.25. The van der Waals surface area contributed by atoms with Gasteiger partial charge in [-0.2, -0.15) is 0 Å². The van der Waals surface area contributed by atoms with Crippen molar-refractivity contribution in [3.63, 3.8) is 0 Å². The van der Waals surface area contributed by atoms with Gasteiger partial charge >= 0.3 is 0 Å². The van der Waals surface area contributed by atoms with Crippen molar-refractivity contribution in [2.75, 3.05) is 6.54 Å². The third kappa shape index (κ3) is 8.47. The lowest BCUT2D eigenvalue weighted by Crippen LogP contribution is -2.26. The molecule has 19 heavy (non-hydrogen) atoms. The van der Waals surface area contributed by atoms with Gasteiger partial charge in [0, 0.05) is 6.04 Å². The third-order valence-electron chi connectivity index (χ3n) is 4.67. The van der Waals surface area contributed by atoms with E-state index in [0.29, 0.717) is 6.04 Å². The molecule has 0 aliphatic heterocycles. The van der Waals surface area contributed by atoms with E-state index >= 15 is 0 Å². The molecule has 0 radical (unpaired) electrons. The maximum absolute atomic E-state index is 3.91. The molecule has 1 unspecified atom stereocenters. The molecule has 0 spiro atoms. The molecule has 0 aromatic rings. The second-order valence-electron chi connectivity index (χ2n) is 6.75. The molecule has 0 aliphatic carbocycles. The fourth-order valence-corrected chi connectivity index (χ4v) is 2.81. The first-order valence-electron chi connectivity index (χ1n) is 8.26. The van der Waals surface area contributed by atoms with Crippen LogP contribution in [0, 0.1) is 23.7 Å². The molecule has 0 aliphatic rings. The van der Waals surface area contributed by atoms with E-state index in [-0.39, 0.29) is 0 Å². The van der Waals surface area contributed by atoms with Crippen molar-refractivity contribution in [3.8, 4) is 0 Å². The van der Waals surface area contributed by atoms with Crippen LogP contribution in [0.2, 0.25) is 0 Å². The molecular weight excluding hydrogens is 230 g/mol. The summed E-state index contributed by atoms with van der Waals surface area (Å²) in [5.74, 6) is 3.22. The van der Waals surface area contributed by atoms with E-state index < -0.39 is 0 Å². The second-order valence-corrected chi connectivity index (χ2v) is 6.75. The quantitative estimate of drug-likeness (QED) is 0.502. The predicted molar refractivity (Wildman–Crippen MR) is 88.5 cm³/mol. The molecule has 0 bridgehead atoms. The lowest BCUT2D eigenvalue weighted by atomic mass is 9.79. The van der Waals surface area contributed by atoms with E-state index in [9.17, 15) is 0 Å². The van der Waals surface area contributed by atoms with Gasteiger partial charge in [-0.05, 0) is 62.8 Å². The van der Waals surface area contributed by atoms with E-state index in [1.54, 1.807) is 0 Å². The zero-order chi connectivity index (χ0) is 14.8. The molecular formula is C18H37N. The summed E-state index contributed by atoms with van der Waals surface area (Å²) in [6, 6.07) is 0.661. The Morgan fingerprint density at radius 1 is 1.00 bits per heavy atom. The highest BCUT2D eigenvalue weighted by Crippen LogP contribution is 2.29. The minimum atomic E-state index is 0.661. The van der Waals surface area contributed by atoms with Crippen molar-refractivity contribution in [2.24, 2.45) is 23.7 Å². The summed E-state index contributed by atoms with van der Waals surface area (Å²) in [4.78, 5) is 0. The Hall–Kier alpha value is -0.300. The van der Waals surface area contributed by atoms with Gasteiger partial charge in [0.25, 0.3) is 0 Å². The Bertz CT molecular complexity index is 222. The van der Waals surface area contributed by atoms with Crippen LogP contribution in [0.3, 0.4) is 0 Å². The van der Waals surface area contributed by atoms with Crippen LogP contribution in [-0.4, -0.2) is 12.6 Å². The van der Waals surface area contributed by atoms with Gasteiger partial charge in [-0.1, -0.05) is 40.7 Å². The molecule has 0 heterocycles. The lowest BCUT2D eigenvalue weighted by Gasteiger charge is -2.28. The van der Waals surface area contributed by atoms with Crippen molar-refractivity contribution in [1.29, 1.82) is 0 Å². The number of rotatable bonds is 11. The predicted octanol–water partition coefficient (Wildman–Crippen LogP) is 5.28. The highest BCUT2D eigenvalue weighted by atomic mass is 14.9. The Balaban J connectivity index is 4.09. The van der Waals surface area contributed by atoms with E-state index in [1.165, 1.54) is 25.7 Å². The molecule has 0 saturated carbocycles. The van der Waals surface area contributed by atoms with Gasteiger partial charge in [0.05, 0.1) is 0 Å². The number of nitrogens with one attached hydrogen (secondary N) is 1. The zero-order valence-corrected chi connectivity index (χ0v) is 14.2. The van der Waals surface area contributed by atoms with E-state index in [2.05, 4.69) is 59.5 Å². The van der Waals surface area contributed by atoms with Crippen molar-refractivity contribution in [1.82, 2.24) is 5.32 Å². The van der Waals surface area contributed by atoms with Crippen LogP contribution in [0.15, 0.2) is 12.7 Å². The first-order valence-corrected chi connectivity index (χ1v) is 8.26. The largest absolute Gasteiger partial charge is 0.315 e. The minimum Gasteiger partial charge on any atom is -0.315 e. The zero-order valence-electron chi connectivity index (χ0n) is 14.2. The summed E-state index contributed by atoms with van der Waals surface area (Å²) >= 11 is 0. The fourth-order valence-electron chi connectivity index (χ4n) is 2.81. The third-order valence-corrected chi connectivity index (χ3v) is 4.67. The molecule has 1 heteroatoms. The fraction of sp³-hybridized carbons (Fsp3) is 0.889. The summed E-state index contributed by atoms with van der Waals surface area (Å²) < 4.78 is 0. The highest BCUT2D eigenvalue weighted by molar-refractivity contribution is 4.78. The summed E-state index contributed by atoms with van der Waals surface area (Å²) in [5.41, 5.74) is 0. The normalized spacial score (nSPS) is 18.1. The summed E-state index contributed by atoms with van der Waals surface area (Å²) in [5, 5.41) is 3.51. The maximum Gasteiger partial charge on any atom is 0.00387 e. The molecule has 0 fully saturated rings.